The quantitative estimate of drug-likeness (QED) is 0.731. The Labute approximate surface area is 162 Å². The first-order chi connectivity index (χ1) is 13.3. The van der Waals surface area contributed by atoms with Crippen molar-refractivity contribution in [3.8, 4) is 11.8 Å². The van der Waals surface area contributed by atoms with Gasteiger partial charge in [-0.3, -0.25) is 9.59 Å². The summed E-state index contributed by atoms with van der Waals surface area (Å²) < 4.78 is 11.2. The Hall–Kier alpha value is -3.59. The van der Waals surface area contributed by atoms with Gasteiger partial charge in [0.15, 0.2) is 11.2 Å². The summed E-state index contributed by atoms with van der Waals surface area (Å²) in [5.74, 6) is -0.224. The Morgan fingerprint density at radius 1 is 1.18 bits per heavy atom. The molecule has 142 valence electrons. The summed E-state index contributed by atoms with van der Waals surface area (Å²) in [6.45, 7) is 6.55. The topological polar surface area (TPSA) is 92.3 Å². The highest BCUT2D eigenvalue weighted by molar-refractivity contribution is 6.03. The second kappa shape index (κ2) is 7.57. The third kappa shape index (κ3) is 4.38. The van der Waals surface area contributed by atoms with Crippen molar-refractivity contribution < 1.29 is 13.9 Å². The van der Waals surface area contributed by atoms with Crippen molar-refractivity contribution in [3.05, 3.63) is 70.1 Å². The van der Waals surface area contributed by atoms with E-state index >= 15 is 0 Å². The molecule has 6 nitrogen and oxygen atoms in total. The van der Waals surface area contributed by atoms with Gasteiger partial charge in [0.2, 0.25) is 0 Å². The summed E-state index contributed by atoms with van der Waals surface area (Å²) in [6.07, 6.45) is 0. The van der Waals surface area contributed by atoms with Gasteiger partial charge in [0.05, 0.1) is 17.6 Å². The molecule has 1 amide bonds. The van der Waals surface area contributed by atoms with Gasteiger partial charge in [-0.2, -0.15) is 5.26 Å². The average Bonchev–Trinajstić information content (AvgIpc) is 2.66. The lowest BCUT2D eigenvalue weighted by Crippen LogP contribution is -2.17. The maximum absolute atomic E-state index is 12.5. The smallest absolute Gasteiger partial charge is 0.291 e. The number of nitriles is 1. The van der Waals surface area contributed by atoms with Crippen LogP contribution in [0.2, 0.25) is 0 Å². The van der Waals surface area contributed by atoms with Crippen LogP contribution in [0.4, 0.5) is 5.69 Å². The van der Waals surface area contributed by atoms with E-state index in [-0.39, 0.29) is 16.6 Å². The summed E-state index contributed by atoms with van der Waals surface area (Å²) in [4.78, 5) is 24.6. The van der Waals surface area contributed by atoms with Crippen molar-refractivity contribution in [2.24, 2.45) is 5.41 Å². The SMILES string of the molecule is CC(C)(C)COc1ccc(NC(=O)c2cc(=O)c3ccccc3o2)cc1C#N. The van der Waals surface area contributed by atoms with E-state index < -0.39 is 5.91 Å². The van der Waals surface area contributed by atoms with Gasteiger partial charge in [0.25, 0.3) is 5.91 Å². The first kappa shape index (κ1) is 19.2. The van der Waals surface area contributed by atoms with E-state index in [2.05, 4.69) is 11.4 Å². The number of anilines is 1. The number of carbonyl (C=O) groups is 1. The van der Waals surface area contributed by atoms with Gasteiger partial charge in [-0.25, -0.2) is 0 Å². The van der Waals surface area contributed by atoms with Crippen LogP contribution < -0.4 is 15.5 Å². The molecule has 0 aliphatic carbocycles. The molecule has 0 atom stereocenters. The Morgan fingerprint density at radius 2 is 1.93 bits per heavy atom. The standard InChI is InChI=1S/C22H20N2O4/c1-22(2,3)13-27-18-9-8-15(10-14(18)12-23)24-21(26)20-11-17(25)16-6-4-5-7-19(16)28-20/h4-11H,13H2,1-3H3,(H,24,26). The molecule has 0 radical (unpaired) electrons. The van der Waals surface area contributed by atoms with Crippen LogP contribution in [0, 0.1) is 16.7 Å². The van der Waals surface area contributed by atoms with Crippen molar-refractivity contribution in [3.63, 3.8) is 0 Å². The lowest BCUT2D eigenvalue weighted by atomic mass is 9.98. The van der Waals surface area contributed by atoms with Gasteiger partial charge in [0.1, 0.15) is 17.4 Å². The summed E-state index contributed by atoms with van der Waals surface area (Å²) in [6, 6.07) is 14.7. The van der Waals surface area contributed by atoms with Gasteiger partial charge in [-0.15, -0.1) is 0 Å². The van der Waals surface area contributed by atoms with E-state index in [1.165, 1.54) is 6.07 Å². The van der Waals surface area contributed by atoms with Gasteiger partial charge >= 0.3 is 0 Å². The molecule has 0 spiro atoms. The molecule has 3 rings (SSSR count). The minimum atomic E-state index is -0.574. The van der Waals surface area contributed by atoms with E-state index in [1.807, 2.05) is 20.8 Å². The van der Waals surface area contributed by atoms with Crippen LogP contribution in [-0.2, 0) is 0 Å². The molecule has 1 N–H and O–H groups in total. The molecule has 1 aromatic heterocycles. The molecular formula is C22H20N2O4. The highest BCUT2D eigenvalue weighted by atomic mass is 16.5. The van der Waals surface area contributed by atoms with Crippen molar-refractivity contribution in [2.45, 2.75) is 20.8 Å². The second-order valence-electron chi connectivity index (χ2n) is 7.60. The van der Waals surface area contributed by atoms with E-state index in [0.717, 1.165) is 6.07 Å². The Morgan fingerprint density at radius 3 is 2.64 bits per heavy atom. The van der Waals surface area contributed by atoms with Crippen LogP contribution in [0.25, 0.3) is 11.0 Å². The van der Waals surface area contributed by atoms with Gasteiger partial charge in [-0.05, 0) is 35.7 Å². The Bertz CT molecular complexity index is 1130. The minimum Gasteiger partial charge on any atom is -0.492 e. The molecule has 28 heavy (non-hydrogen) atoms. The molecule has 3 aromatic rings. The molecule has 0 saturated carbocycles. The Kier molecular flexibility index (Phi) is 5.18. The van der Waals surface area contributed by atoms with Crippen LogP contribution in [0.15, 0.2) is 57.7 Å². The monoisotopic (exact) mass is 376 g/mol. The second-order valence-corrected chi connectivity index (χ2v) is 7.60. The average molecular weight is 376 g/mol. The number of hydrogen-bond donors (Lipinski definition) is 1. The van der Waals surface area contributed by atoms with Crippen LogP contribution in [0.3, 0.4) is 0 Å². The normalized spacial score (nSPS) is 11.1. The van der Waals surface area contributed by atoms with E-state index in [9.17, 15) is 14.9 Å². The highest BCUT2D eigenvalue weighted by Crippen LogP contribution is 2.25. The number of nitrogens with one attached hydrogen (secondary N) is 1. The van der Waals surface area contributed by atoms with Crippen molar-refractivity contribution >= 4 is 22.6 Å². The fourth-order valence-corrected chi connectivity index (χ4v) is 2.52. The number of rotatable bonds is 4. The first-order valence-corrected chi connectivity index (χ1v) is 8.78. The number of benzene rings is 2. The lowest BCUT2D eigenvalue weighted by Gasteiger charge is -2.19. The van der Waals surface area contributed by atoms with Crippen molar-refractivity contribution in [2.75, 3.05) is 11.9 Å². The molecule has 0 aliphatic rings. The lowest BCUT2D eigenvalue weighted by molar-refractivity contribution is 0.0997. The molecule has 2 aromatic carbocycles. The number of ether oxygens (including phenoxy) is 1. The zero-order chi connectivity index (χ0) is 20.3. The maximum Gasteiger partial charge on any atom is 0.291 e. The number of hydrogen-bond acceptors (Lipinski definition) is 5. The van der Waals surface area contributed by atoms with Crippen LogP contribution in [0.1, 0.15) is 36.9 Å². The van der Waals surface area contributed by atoms with Crippen molar-refractivity contribution in [1.29, 1.82) is 5.26 Å². The summed E-state index contributed by atoms with van der Waals surface area (Å²) in [5, 5.41) is 12.4. The van der Waals surface area contributed by atoms with Crippen LogP contribution in [0.5, 0.6) is 5.75 Å². The van der Waals surface area contributed by atoms with E-state index in [0.29, 0.717) is 34.6 Å². The molecule has 0 unspecified atom stereocenters. The van der Waals surface area contributed by atoms with Crippen LogP contribution >= 0.6 is 0 Å². The summed E-state index contributed by atoms with van der Waals surface area (Å²) in [7, 11) is 0. The molecule has 0 saturated heterocycles. The molecular weight excluding hydrogens is 356 g/mol. The molecule has 1 heterocycles. The van der Waals surface area contributed by atoms with Gasteiger partial charge < -0.3 is 14.5 Å². The van der Waals surface area contributed by atoms with Crippen molar-refractivity contribution in [1.82, 2.24) is 0 Å². The number of amides is 1. The Balaban J connectivity index is 1.83. The molecule has 0 bridgehead atoms. The van der Waals surface area contributed by atoms with Gasteiger partial charge in [0, 0.05) is 11.8 Å². The molecule has 0 fully saturated rings. The predicted molar refractivity (Wildman–Crippen MR) is 107 cm³/mol. The number of fused-ring (bicyclic) bond motifs is 1. The summed E-state index contributed by atoms with van der Waals surface area (Å²) in [5.41, 5.74) is 0.703. The number of carbonyl (C=O) groups excluding carboxylic acids is 1. The molecule has 0 aliphatic heterocycles. The number of para-hydroxylation sites is 1. The largest absolute Gasteiger partial charge is 0.492 e. The fraction of sp³-hybridized carbons (Fsp3) is 0.227. The van der Waals surface area contributed by atoms with E-state index in [4.69, 9.17) is 9.15 Å². The minimum absolute atomic E-state index is 0.0484. The van der Waals surface area contributed by atoms with Gasteiger partial charge in [-0.1, -0.05) is 32.9 Å². The summed E-state index contributed by atoms with van der Waals surface area (Å²) >= 11 is 0. The maximum atomic E-state index is 12.5. The fourth-order valence-electron chi connectivity index (χ4n) is 2.52. The zero-order valence-electron chi connectivity index (χ0n) is 15.9. The number of nitrogens with zero attached hydrogens (tertiary/aromatic N) is 1. The third-order valence-electron chi connectivity index (χ3n) is 3.88. The highest BCUT2D eigenvalue weighted by Gasteiger charge is 2.15. The van der Waals surface area contributed by atoms with E-state index in [1.54, 1.807) is 36.4 Å². The third-order valence-corrected chi connectivity index (χ3v) is 3.88. The zero-order valence-corrected chi connectivity index (χ0v) is 15.9. The first-order valence-electron chi connectivity index (χ1n) is 8.78. The van der Waals surface area contributed by atoms with Crippen LogP contribution in [-0.4, -0.2) is 12.5 Å². The predicted octanol–water partition coefficient (Wildman–Crippen LogP) is 4.34. The molecule has 6 heteroatoms.